The molecule has 174 valence electrons. The van der Waals surface area contributed by atoms with E-state index >= 15 is 0 Å². The molecule has 2 amide bonds. The third-order valence-corrected chi connectivity index (χ3v) is 5.88. The highest BCUT2D eigenvalue weighted by Gasteiger charge is 2.35. The molecule has 4 rings (SSSR count). The first-order valence-corrected chi connectivity index (χ1v) is 11.1. The van der Waals surface area contributed by atoms with Crippen molar-refractivity contribution in [2.45, 2.75) is 32.2 Å². The van der Waals surface area contributed by atoms with E-state index in [-0.39, 0.29) is 24.2 Å². The summed E-state index contributed by atoms with van der Waals surface area (Å²) in [6, 6.07) is 9.92. The summed E-state index contributed by atoms with van der Waals surface area (Å²) < 4.78 is 21.2. The van der Waals surface area contributed by atoms with Crippen molar-refractivity contribution in [3.8, 4) is 0 Å². The Morgan fingerprint density at radius 2 is 2.09 bits per heavy atom. The van der Waals surface area contributed by atoms with Crippen LogP contribution in [0.1, 0.15) is 25.1 Å². The number of hydrogen-bond donors (Lipinski definition) is 1. The molecule has 8 heteroatoms. The zero-order valence-corrected chi connectivity index (χ0v) is 19.0. The Bertz CT molecular complexity index is 1140. The summed E-state index contributed by atoms with van der Waals surface area (Å²) in [6.07, 6.45) is 6.36. The van der Waals surface area contributed by atoms with Crippen molar-refractivity contribution in [3.05, 3.63) is 72.1 Å². The van der Waals surface area contributed by atoms with Crippen molar-refractivity contribution in [3.63, 3.8) is 0 Å². The van der Waals surface area contributed by atoms with Gasteiger partial charge in [-0.25, -0.2) is 4.39 Å². The molecule has 0 saturated carbocycles. The molecule has 1 aliphatic rings. The van der Waals surface area contributed by atoms with Crippen LogP contribution in [-0.2, 0) is 27.2 Å². The number of rotatable bonds is 6. The van der Waals surface area contributed by atoms with E-state index in [0.717, 1.165) is 11.2 Å². The zero-order chi connectivity index (χ0) is 23.4. The van der Waals surface area contributed by atoms with E-state index < -0.39 is 11.4 Å². The molecule has 1 fully saturated rings. The number of fused-ring (bicyclic) bond motifs is 1. The minimum Gasteiger partial charge on any atom is -0.379 e. The average Bonchev–Trinajstić information content (AvgIpc) is 3.13. The van der Waals surface area contributed by atoms with Gasteiger partial charge in [-0.3, -0.25) is 14.6 Å². The normalized spacial score (nSPS) is 17.1. The SMILES string of the molecule is CC(C)(NC(=O)Cc1cccc(F)c1)C(=O)N1CCOCC(Cc2nccn3cccc23)C1. The molecule has 2 aromatic heterocycles. The fraction of sp³-hybridized carbons (Fsp3) is 0.400. The van der Waals surface area contributed by atoms with Gasteiger partial charge < -0.3 is 19.4 Å². The molecule has 7 nitrogen and oxygen atoms in total. The first-order chi connectivity index (χ1) is 15.8. The van der Waals surface area contributed by atoms with E-state index in [4.69, 9.17) is 4.74 Å². The number of amides is 2. The van der Waals surface area contributed by atoms with Gasteiger partial charge in [0.2, 0.25) is 11.8 Å². The van der Waals surface area contributed by atoms with Crippen LogP contribution in [0.4, 0.5) is 4.39 Å². The lowest BCUT2D eigenvalue weighted by molar-refractivity contribution is -0.140. The molecule has 1 N–H and O–H groups in total. The van der Waals surface area contributed by atoms with Crippen molar-refractivity contribution >= 4 is 17.3 Å². The first-order valence-electron chi connectivity index (χ1n) is 11.1. The van der Waals surface area contributed by atoms with Gasteiger partial charge in [0.1, 0.15) is 11.4 Å². The molecule has 1 aliphatic heterocycles. The molecule has 33 heavy (non-hydrogen) atoms. The van der Waals surface area contributed by atoms with Crippen LogP contribution in [0.25, 0.3) is 5.52 Å². The van der Waals surface area contributed by atoms with E-state index in [0.29, 0.717) is 38.3 Å². The Morgan fingerprint density at radius 1 is 1.24 bits per heavy atom. The molecular formula is C25H29FN4O3. The summed E-state index contributed by atoms with van der Waals surface area (Å²) in [6.45, 7) is 5.36. The number of ether oxygens (including phenoxy) is 1. The summed E-state index contributed by atoms with van der Waals surface area (Å²) in [5.74, 6) is -0.800. The van der Waals surface area contributed by atoms with Gasteiger partial charge in [-0.1, -0.05) is 12.1 Å². The summed E-state index contributed by atoms with van der Waals surface area (Å²) in [4.78, 5) is 32.2. The summed E-state index contributed by atoms with van der Waals surface area (Å²) in [5.41, 5.74) is 1.47. The highest BCUT2D eigenvalue weighted by Crippen LogP contribution is 2.19. The fourth-order valence-electron chi connectivity index (χ4n) is 4.32. The van der Waals surface area contributed by atoms with Crippen LogP contribution < -0.4 is 5.32 Å². The number of carbonyl (C=O) groups is 2. The maximum atomic E-state index is 13.4. The third-order valence-electron chi connectivity index (χ3n) is 5.88. The Kier molecular flexibility index (Phi) is 6.74. The van der Waals surface area contributed by atoms with Crippen LogP contribution >= 0.6 is 0 Å². The number of aromatic nitrogens is 2. The van der Waals surface area contributed by atoms with Gasteiger partial charge in [0.05, 0.1) is 30.8 Å². The van der Waals surface area contributed by atoms with E-state index in [9.17, 15) is 14.0 Å². The number of nitrogens with zero attached hydrogens (tertiary/aromatic N) is 3. The van der Waals surface area contributed by atoms with Crippen LogP contribution in [0, 0.1) is 11.7 Å². The molecule has 1 unspecified atom stereocenters. The van der Waals surface area contributed by atoms with Gasteiger partial charge in [-0.05, 0) is 50.1 Å². The van der Waals surface area contributed by atoms with Crippen molar-refractivity contribution in [1.82, 2.24) is 19.6 Å². The smallest absolute Gasteiger partial charge is 0.247 e. The standard InChI is InChI=1S/C25H29FN4O3/c1-25(2,28-23(31)15-18-5-3-6-20(26)13-18)24(32)30-11-12-33-17-19(16-30)14-21-22-7-4-9-29(22)10-8-27-21/h3-10,13,19H,11-12,14-17H2,1-2H3,(H,28,31). The lowest BCUT2D eigenvalue weighted by Crippen LogP contribution is -2.57. The topological polar surface area (TPSA) is 75.9 Å². The minimum absolute atomic E-state index is 0.00714. The average molecular weight is 453 g/mol. The number of halogens is 1. The molecule has 3 aromatic rings. The molecule has 0 spiro atoms. The fourth-order valence-corrected chi connectivity index (χ4v) is 4.32. The Balaban J connectivity index is 1.41. The Labute approximate surface area is 192 Å². The summed E-state index contributed by atoms with van der Waals surface area (Å²) in [7, 11) is 0. The number of hydrogen-bond acceptors (Lipinski definition) is 4. The van der Waals surface area contributed by atoms with Gasteiger partial charge in [0.15, 0.2) is 0 Å². The maximum Gasteiger partial charge on any atom is 0.247 e. The third kappa shape index (κ3) is 5.57. The largest absolute Gasteiger partial charge is 0.379 e. The minimum atomic E-state index is -1.10. The first kappa shape index (κ1) is 22.9. The molecule has 1 saturated heterocycles. The van der Waals surface area contributed by atoms with E-state index in [1.807, 2.05) is 28.9 Å². The van der Waals surface area contributed by atoms with Crippen LogP contribution in [0.15, 0.2) is 55.0 Å². The van der Waals surface area contributed by atoms with Crippen LogP contribution in [0.3, 0.4) is 0 Å². The van der Waals surface area contributed by atoms with Crippen molar-refractivity contribution in [2.24, 2.45) is 5.92 Å². The Hall–Kier alpha value is -3.26. The van der Waals surface area contributed by atoms with Gasteiger partial charge >= 0.3 is 0 Å². The quantitative estimate of drug-likeness (QED) is 0.624. The predicted molar refractivity (Wildman–Crippen MR) is 122 cm³/mol. The van der Waals surface area contributed by atoms with Gasteiger partial charge in [0, 0.05) is 37.6 Å². The van der Waals surface area contributed by atoms with Crippen LogP contribution in [-0.4, -0.2) is 57.9 Å². The van der Waals surface area contributed by atoms with Crippen LogP contribution in [0.5, 0.6) is 0 Å². The second-order valence-corrected chi connectivity index (χ2v) is 9.05. The summed E-state index contributed by atoms with van der Waals surface area (Å²) in [5, 5.41) is 2.82. The van der Waals surface area contributed by atoms with Crippen molar-refractivity contribution in [1.29, 1.82) is 0 Å². The molecule has 0 radical (unpaired) electrons. The van der Waals surface area contributed by atoms with Crippen molar-refractivity contribution < 1.29 is 18.7 Å². The Morgan fingerprint density at radius 3 is 2.91 bits per heavy atom. The second kappa shape index (κ2) is 9.70. The highest BCUT2D eigenvalue weighted by molar-refractivity contribution is 5.91. The van der Waals surface area contributed by atoms with Gasteiger partial charge in [-0.15, -0.1) is 0 Å². The molecular weight excluding hydrogens is 423 g/mol. The monoisotopic (exact) mass is 452 g/mol. The van der Waals surface area contributed by atoms with E-state index in [2.05, 4.69) is 10.3 Å². The number of nitrogens with one attached hydrogen (secondary N) is 1. The zero-order valence-electron chi connectivity index (χ0n) is 19.0. The molecule has 0 bridgehead atoms. The molecule has 0 aliphatic carbocycles. The second-order valence-electron chi connectivity index (χ2n) is 9.05. The predicted octanol–water partition coefficient (Wildman–Crippen LogP) is 2.63. The van der Waals surface area contributed by atoms with E-state index in [1.165, 1.54) is 12.1 Å². The number of carbonyl (C=O) groups excluding carboxylic acids is 2. The molecule has 1 aromatic carbocycles. The van der Waals surface area contributed by atoms with Gasteiger partial charge in [0.25, 0.3) is 0 Å². The maximum absolute atomic E-state index is 13.4. The molecule has 1 atom stereocenters. The van der Waals surface area contributed by atoms with Gasteiger partial charge in [-0.2, -0.15) is 0 Å². The van der Waals surface area contributed by atoms with E-state index in [1.54, 1.807) is 37.1 Å². The number of benzene rings is 1. The van der Waals surface area contributed by atoms with Crippen LogP contribution in [0.2, 0.25) is 0 Å². The highest BCUT2D eigenvalue weighted by atomic mass is 19.1. The van der Waals surface area contributed by atoms with Crippen molar-refractivity contribution in [2.75, 3.05) is 26.3 Å². The molecule has 3 heterocycles. The lowest BCUT2D eigenvalue weighted by Gasteiger charge is -2.33. The summed E-state index contributed by atoms with van der Waals surface area (Å²) >= 11 is 0. The lowest BCUT2D eigenvalue weighted by atomic mass is 9.99.